The van der Waals surface area contributed by atoms with Crippen molar-refractivity contribution in [1.29, 1.82) is 0 Å². The summed E-state index contributed by atoms with van der Waals surface area (Å²) in [4.78, 5) is 14.9. The maximum Gasteiger partial charge on any atom is 0.258 e. The zero-order valence-electron chi connectivity index (χ0n) is 15.6. The highest BCUT2D eigenvalue weighted by molar-refractivity contribution is 7.89. The lowest BCUT2D eigenvalue weighted by Crippen LogP contribution is -2.35. The Morgan fingerprint density at radius 1 is 1.11 bits per heavy atom. The molecule has 0 fully saturated rings. The summed E-state index contributed by atoms with van der Waals surface area (Å²) in [6.07, 6.45) is 4.67. The highest BCUT2D eigenvalue weighted by Crippen LogP contribution is 2.28. The van der Waals surface area contributed by atoms with Crippen molar-refractivity contribution < 1.29 is 13.2 Å². The first-order valence-electron chi connectivity index (χ1n) is 9.52. The number of nitrogens with one attached hydrogen (secondary N) is 1. The third kappa shape index (κ3) is 4.57. The van der Waals surface area contributed by atoms with E-state index in [0.717, 1.165) is 43.4 Å². The molecule has 1 N–H and O–H groups in total. The fourth-order valence-corrected chi connectivity index (χ4v) is 4.48. The molecule has 5 nitrogen and oxygen atoms in total. The predicted molar refractivity (Wildman–Crippen MR) is 108 cm³/mol. The molecular formula is C21H26N2O3S. The molecule has 0 aromatic heterocycles. The minimum absolute atomic E-state index is 0.134. The molecule has 144 valence electrons. The summed E-state index contributed by atoms with van der Waals surface area (Å²) in [5.41, 5.74) is 2.46. The summed E-state index contributed by atoms with van der Waals surface area (Å²) in [5.74, 6) is -0.162. The van der Waals surface area contributed by atoms with Crippen LogP contribution in [0.1, 0.15) is 48.5 Å². The van der Waals surface area contributed by atoms with Gasteiger partial charge in [-0.25, -0.2) is 13.1 Å². The zero-order chi connectivity index (χ0) is 19.3. The molecule has 0 aliphatic carbocycles. The van der Waals surface area contributed by atoms with Gasteiger partial charge in [-0.1, -0.05) is 44.0 Å². The van der Waals surface area contributed by atoms with Gasteiger partial charge in [-0.15, -0.1) is 0 Å². The number of aryl methyl sites for hydroxylation is 1. The predicted octanol–water partition coefficient (Wildman–Crippen LogP) is 3.75. The third-order valence-corrected chi connectivity index (χ3v) is 6.28. The highest BCUT2D eigenvalue weighted by Gasteiger charge is 2.24. The van der Waals surface area contributed by atoms with Gasteiger partial charge >= 0.3 is 0 Å². The molecule has 2 aromatic rings. The molecule has 1 aliphatic rings. The number of carbonyl (C=O) groups is 1. The molecule has 0 bridgehead atoms. The maximum absolute atomic E-state index is 13.1. The highest BCUT2D eigenvalue weighted by atomic mass is 32.2. The van der Waals surface area contributed by atoms with Crippen LogP contribution in [0.3, 0.4) is 0 Å². The van der Waals surface area contributed by atoms with Gasteiger partial charge in [0.2, 0.25) is 10.0 Å². The number of unbranched alkanes of at least 4 members (excludes halogenated alkanes) is 2. The van der Waals surface area contributed by atoms with E-state index in [0.29, 0.717) is 18.7 Å². The molecule has 0 atom stereocenters. The standard InChI is InChI=1S/C21H26N2O3S/c1-2-3-6-14-22-27(25,26)19-12-7-10-18(16-19)21(24)23-15-8-11-17-9-4-5-13-20(17)23/h4-5,7,9-10,12-13,16,22H,2-3,6,8,11,14-15H2,1H3. The van der Waals surface area contributed by atoms with Gasteiger partial charge in [0.25, 0.3) is 5.91 Å². The first-order chi connectivity index (χ1) is 13.0. The van der Waals surface area contributed by atoms with Crippen LogP contribution < -0.4 is 9.62 Å². The number of fused-ring (bicyclic) bond motifs is 1. The second-order valence-electron chi connectivity index (χ2n) is 6.82. The summed E-state index contributed by atoms with van der Waals surface area (Å²) >= 11 is 0. The fraction of sp³-hybridized carbons (Fsp3) is 0.381. The number of benzene rings is 2. The number of hydrogen-bond donors (Lipinski definition) is 1. The third-order valence-electron chi connectivity index (χ3n) is 4.82. The zero-order valence-corrected chi connectivity index (χ0v) is 16.5. The van der Waals surface area contributed by atoms with Gasteiger partial charge in [-0.05, 0) is 49.1 Å². The van der Waals surface area contributed by atoms with Crippen molar-refractivity contribution in [2.45, 2.75) is 43.9 Å². The van der Waals surface area contributed by atoms with E-state index in [2.05, 4.69) is 11.6 Å². The van der Waals surface area contributed by atoms with Crippen LogP contribution in [-0.2, 0) is 16.4 Å². The lowest BCUT2D eigenvalue weighted by molar-refractivity contribution is 0.0985. The average molecular weight is 387 g/mol. The molecule has 1 amide bonds. The summed E-state index contributed by atoms with van der Waals surface area (Å²) in [6, 6.07) is 14.2. The van der Waals surface area contributed by atoms with Gasteiger partial charge in [0.15, 0.2) is 0 Å². The lowest BCUT2D eigenvalue weighted by atomic mass is 10.0. The van der Waals surface area contributed by atoms with Gasteiger partial charge in [0.05, 0.1) is 4.90 Å². The van der Waals surface area contributed by atoms with E-state index in [1.54, 1.807) is 17.0 Å². The molecule has 1 heterocycles. The fourth-order valence-electron chi connectivity index (χ4n) is 3.36. The van der Waals surface area contributed by atoms with Crippen molar-refractivity contribution in [2.24, 2.45) is 0 Å². The molecule has 27 heavy (non-hydrogen) atoms. The Bertz CT molecular complexity index is 909. The van der Waals surface area contributed by atoms with Gasteiger partial charge in [-0.3, -0.25) is 4.79 Å². The van der Waals surface area contributed by atoms with Crippen molar-refractivity contribution in [2.75, 3.05) is 18.0 Å². The van der Waals surface area contributed by atoms with E-state index >= 15 is 0 Å². The second-order valence-corrected chi connectivity index (χ2v) is 8.59. The quantitative estimate of drug-likeness (QED) is 0.737. The molecule has 0 saturated heterocycles. The molecule has 0 unspecified atom stereocenters. The van der Waals surface area contributed by atoms with Crippen LogP contribution in [0.5, 0.6) is 0 Å². The van der Waals surface area contributed by atoms with E-state index in [1.807, 2.05) is 24.3 Å². The smallest absolute Gasteiger partial charge is 0.258 e. The lowest BCUT2D eigenvalue weighted by Gasteiger charge is -2.29. The van der Waals surface area contributed by atoms with Crippen LogP contribution in [0.15, 0.2) is 53.4 Å². The van der Waals surface area contributed by atoms with Crippen LogP contribution in [0.2, 0.25) is 0 Å². The maximum atomic E-state index is 13.1. The first kappa shape index (κ1) is 19.6. The van der Waals surface area contributed by atoms with Crippen LogP contribution in [-0.4, -0.2) is 27.4 Å². The molecule has 1 aliphatic heterocycles. The number of amides is 1. The SMILES string of the molecule is CCCCCNS(=O)(=O)c1cccc(C(=O)N2CCCc3ccccc32)c1. The van der Waals surface area contributed by atoms with E-state index in [4.69, 9.17) is 0 Å². The molecular weight excluding hydrogens is 360 g/mol. The Kier molecular flexibility index (Phi) is 6.29. The van der Waals surface area contributed by atoms with Crippen molar-refractivity contribution in [3.8, 4) is 0 Å². The monoisotopic (exact) mass is 386 g/mol. The van der Waals surface area contributed by atoms with Crippen LogP contribution in [0.4, 0.5) is 5.69 Å². The number of para-hydroxylation sites is 1. The van der Waals surface area contributed by atoms with Gasteiger partial charge < -0.3 is 4.90 Å². The Balaban J connectivity index is 1.81. The number of nitrogens with zero attached hydrogens (tertiary/aromatic N) is 1. The molecule has 0 spiro atoms. The van der Waals surface area contributed by atoms with Crippen LogP contribution in [0, 0.1) is 0 Å². The largest absolute Gasteiger partial charge is 0.308 e. The van der Waals surface area contributed by atoms with Gasteiger partial charge in [0, 0.05) is 24.3 Å². The number of rotatable bonds is 7. The van der Waals surface area contributed by atoms with E-state index in [-0.39, 0.29) is 10.8 Å². The Morgan fingerprint density at radius 3 is 2.74 bits per heavy atom. The van der Waals surface area contributed by atoms with Crippen molar-refractivity contribution in [3.63, 3.8) is 0 Å². The molecule has 0 radical (unpaired) electrons. The molecule has 6 heteroatoms. The number of carbonyl (C=O) groups excluding carboxylic acids is 1. The van der Waals surface area contributed by atoms with E-state index in [1.165, 1.54) is 12.1 Å². The normalized spacial score (nSPS) is 14.0. The first-order valence-corrected chi connectivity index (χ1v) is 11.0. The average Bonchev–Trinajstić information content (AvgIpc) is 2.70. The minimum Gasteiger partial charge on any atom is -0.308 e. The number of sulfonamides is 1. The molecule has 2 aromatic carbocycles. The van der Waals surface area contributed by atoms with E-state index < -0.39 is 10.0 Å². The van der Waals surface area contributed by atoms with Gasteiger partial charge in [0.1, 0.15) is 0 Å². The summed E-state index contributed by atoms with van der Waals surface area (Å²) in [5, 5.41) is 0. The summed E-state index contributed by atoms with van der Waals surface area (Å²) in [7, 11) is -3.61. The van der Waals surface area contributed by atoms with Gasteiger partial charge in [-0.2, -0.15) is 0 Å². The minimum atomic E-state index is -3.61. The van der Waals surface area contributed by atoms with Crippen molar-refractivity contribution in [3.05, 3.63) is 59.7 Å². The van der Waals surface area contributed by atoms with Crippen LogP contribution in [0.25, 0.3) is 0 Å². The second kappa shape index (κ2) is 8.67. The number of anilines is 1. The van der Waals surface area contributed by atoms with Crippen LogP contribution >= 0.6 is 0 Å². The molecule has 3 rings (SSSR count). The van der Waals surface area contributed by atoms with E-state index in [9.17, 15) is 13.2 Å². The Morgan fingerprint density at radius 2 is 1.93 bits per heavy atom. The molecule has 0 saturated carbocycles. The Hall–Kier alpha value is -2.18. The van der Waals surface area contributed by atoms with Crippen molar-refractivity contribution in [1.82, 2.24) is 4.72 Å². The topological polar surface area (TPSA) is 66.5 Å². The summed E-state index contributed by atoms with van der Waals surface area (Å²) in [6.45, 7) is 3.12. The Labute approximate surface area is 161 Å². The van der Waals surface area contributed by atoms with Crippen molar-refractivity contribution >= 4 is 21.6 Å². The number of hydrogen-bond acceptors (Lipinski definition) is 3. The summed E-state index contributed by atoms with van der Waals surface area (Å²) < 4.78 is 27.6.